The molecule has 4 nitrogen and oxygen atoms in total. The molecule has 0 fully saturated rings. The van der Waals surface area contributed by atoms with E-state index in [9.17, 15) is 4.79 Å². The van der Waals surface area contributed by atoms with Gasteiger partial charge in [0.15, 0.2) is 0 Å². The lowest BCUT2D eigenvalue weighted by Crippen LogP contribution is -2.31. The van der Waals surface area contributed by atoms with Gasteiger partial charge in [-0.05, 0) is 60.4 Å². The van der Waals surface area contributed by atoms with E-state index in [4.69, 9.17) is 10.3 Å². The van der Waals surface area contributed by atoms with Gasteiger partial charge in [0.25, 0.3) is 5.91 Å². The van der Waals surface area contributed by atoms with E-state index in [1.54, 1.807) is 12.1 Å². The van der Waals surface area contributed by atoms with Crippen LogP contribution in [0.2, 0.25) is 19.6 Å². The number of halogens is 1. The Labute approximate surface area is 110 Å². The van der Waals surface area contributed by atoms with Gasteiger partial charge in [-0.2, -0.15) is 0 Å². The number of hydrogen-bond acceptors (Lipinski definition) is 3. The zero-order valence-electron chi connectivity index (χ0n) is 9.50. The summed E-state index contributed by atoms with van der Waals surface area (Å²) in [5.41, 5.74) is 2.64. The van der Waals surface area contributed by atoms with E-state index in [2.05, 4.69) is 47.7 Å². The van der Waals surface area contributed by atoms with E-state index in [1.165, 1.54) is 0 Å². The number of rotatable bonds is 3. The highest BCUT2D eigenvalue weighted by atomic mass is 127. The highest BCUT2D eigenvalue weighted by Gasteiger charge is 2.18. The molecule has 0 unspecified atom stereocenters. The van der Waals surface area contributed by atoms with Crippen molar-refractivity contribution < 1.29 is 9.22 Å². The molecular weight excluding hydrogens is 335 g/mol. The second-order valence-electron chi connectivity index (χ2n) is 4.33. The summed E-state index contributed by atoms with van der Waals surface area (Å²) < 4.78 is 6.79. The van der Waals surface area contributed by atoms with Crippen molar-refractivity contribution in [2.24, 2.45) is 5.84 Å². The van der Waals surface area contributed by atoms with Crippen LogP contribution in [0.1, 0.15) is 10.4 Å². The van der Waals surface area contributed by atoms with E-state index in [0.29, 0.717) is 5.56 Å². The van der Waals surface area contributed by atoms with Gasteiger partial charge in [0.05, 0.1) is 3.57 Å². The fraction of sp³-hybridized carbons (Fsp3) is 0.300. The SMILES string of the molecule is C[Si](C)(C)Oc1ccc(C(=O)NN)cc1I. The number of hydrogen-bond donors (Lipinski definition) is 2. The minimum Gasteiger partial charge on any atom is -0.544 e. The van der Waals surface area contributed by atoms with Crippen molar-refractivity contribution in [3.05, 3.63) is 27.3 Å². The lowest BCUT2D eigenvalue weighted by atomic mass is 10.2. The topological polar surface area (TPSA) is 64.3 Å². The van der Waals surface area contributed by atoms with Crippen molar-refractivity contribution >= 4 is 36.8 Å². The zero-order valence-corrected chi connectivity index (χ0v) is 12.7. The Morgan fingerprint density at radius 2 is 2.06 bits per heavy atom. The molecule has 0 saturated heterocycles. The smallest absolute Gasteiger partial charge is 0.265 e. The second-order valence-corrected chi connectivity index (χ2v) is 9.92. The standard InChI is InChI=1S/C10H15IN2O2Si/c1-16(2,3)15-9-5-4-7(6-8(9)11)10(14)13-12/h4-6H,12H2,1-3H3,(H,13,14). The number of carbonyl (C=O) groups excluding carboxylic acids is 1. The molecule has 1 aromatic carbocycles. The molecule has 1 rings (SSSR count). The van der Waals surface area contributed by atoms with E-state index in [0.717, 1.165) is 9.32 Å². The molecule has 0 aromatic heterocycles. The maximum atomic E-state index is 11.3. The molecule has 0 aliphatic rings. The van der Waals surface area contributed by atoms with Crippen LogP contribution in [0.5, 0.6) is 5.75 Å². The Balaban J connectivity index is 2.96. The van der Waals surface area contributed by atoms with Crippen LogP contribution in [0.3, 0.4) is 0 Å². The summed E-state index contributed by atoms with van der Waals surface area (Å²) in [6, 6.07) is 5.28. The third-order valence-electron chi connectivity index (χ3n) is 1.74. The predicted molar refractivity (Wildman–Crippen MR) is 74.8 cm³/mol. The number of benzene rings is 1. The van der Waals surface area contributed by atoms with Gasteiger partial charge >= 0.3 is 0 Å². The molecule has 88 valence electrons. The van der Waals surface area contributed by atoms with Crippen molar-refractivity contribution in [2.45, 2.75) is 19.6 Å². The first-order chi connectivity index (χ1) is 7.33. The Hall–Kier alpha value is -0.603. The third-order valence-corrected chi connectivity index (χ3v) is 3.42. The number of nitrogens with two attached hydrogens (primary N) is 1. The van der Waals surface area contributed by atoms with Gasteiger partial charge in [0.1, 0.15) is 5.75 Å². The van der Waals surface area contributed by atoms with Gasteiger partial charge < -0.3 is 4.43 Å². The molecule has 0 radical (unpaired) electrons. The zero-order chi connectivity index (χ0) is 12.3. The van der Waals surface area contributed by atoms with E-state index < -0.39 is 8.32 Å². The van der Waals surface area contributed by atoms with Gasteiger partial charge in [-0.3, -0.25) is 10.2 Å². The molecule has 0 bridgehead atoms. The predicted octanol–water partition coefficient (Wildman–Crippen LogP) is 2.11. The van der Waals surface area contributed by atoms with Crippen LogP contribution in [0, 0.1) is 3.57 Å². The van der Waals surface area contributed by atoms with Crippen LogP contribution in [0.15, 0.2) is 18.2 Å². The largest absolute Gasteiger partial charge is 0.544 e. The number of amides is 1. The summed E-state index contributed by atoms with van der Waals surface area (Å²) in [5.74, 6) is 5.60. The molecule has 16 heavy (non-hydrogen) atoms. The van der Waals surface area contributed by atoms with Crippen LogP contribution in [0.25, 0.3) is 0 Å². The van der Waals surface area contributed by atoms with Gasteiger partial charge in [0, 0.05) is 5.56 Å². The number of hydrazine groups is 1. The molecular formula is C10H15IN2O2Si. The fourth-order valence-corrected chi connectivity index (χ4v) is 2.81. The lowest BCUT2D eigenvalue weighted by molar-refractivity contribution is 0.0953. The van der Waals surface area contributed by atoms with Crippen molar-refractivity contribution in [3.63, 3.8) is 0 Å². The lowest BCUT2D eigenvalue weighted by Gasteiger charge is -2.20. The third kappa shape index (κ3) is 3.76. The fourth-order valence-electron chi connectivity index (χ4n) is 1.14. The molecule has 0 aliphatic heterocycles. The Kier molecular flexibility index (Phi) is 4.33. The monoisotopic (exact) mass is 350 g/mol. The summed E-state index contributed by atoms with van der Waals surface area (Å²) in [6.07, 6.45) is 0. The average molecular weight is 350 g/mol. The minimum absolute atomic E-state index is 0.294. The van der Waals surface area contributed by atoms with Crippen LogP contribution in [0.4, 0.5) is 0 Å². The maximum absolute atomic E-state index is 11.3. The quantitative estimate of drug-likeness (QED) is 0.289. The number of nitrogen functional groups attached to an aromatic ring is 1. The number of nitrogens with one attached hydrogen (secondary N) is 1. The van der Waals surface area contributed by atoms with Crippen LogP contribution < -0.4 is 15.7 Å². The first-order valence-electron chi connectivity index (χ1n) is 4.83. The Morgan fingerprint density at radius 1 is 1.44 bits per heavy atom. The van der Waals surface area contributed by atoms with Crippen LogP contribution >= 0.6 is 22.6 Å². The van der Waals surface area contributed by atoms with Crippen molar-refractivity contribution in [2.75, 3.05) is 0 Å². The van der Waals surface area contributed by atoms with E-state index >= 15 is 0 Å². The summed E-state index contributed by atoms with van der Waals surface area (Å²) >= 11 is 2.15. The average Bonchev–Trinajstić information content (AvgIpc) is 2.18. The normalized spacial score (nSPS) is 11.1. The van der Waals surface area contributed by atoms with Crippen LogP contribution in [-0.4, -0.2) is 14.2 Å². The molecule has 1 aromatic rings. The van der Waals surface area contributed by atoms with Gasteiger partial charge in [0.2, 0.25) is 8.32 Å². The summed E-state index contributed by atoms with van der Waals surface area (Å²) in [4.78, 5) is 11.3. The van der Waals surface area contributed by atoms with Gasteiger partial charge in [-0.15, -0.1) is 0 Å². The molecule has 6 heteroatoms. The van der Waals surface area contributed by atoms with Crippen molar-refractivity contribution in [3.8, 4) is 5.75 Å². The molecule has 1 amide bonds. The Bertz CT molecular complexity index is 404. The first-order valence-corrected chi connectivity index (χ1v) is 9.32. The summed E-state index contributed by atoms with van der Waals surface area (Å²) in [5, 5.41) is 0. The van der Waals surface area contributed by atoms with Crippen LogP contribution in [-0.2, 0) is 0 Å². The number of carbonyl (C=O) groups is 1. The van der Waals surface area contributed by atoms with Gasteiger partial charge in [-0.25, -0.2) is 5.84 Å². The highest BCUT2D eigenvalue weighted by molar-refractivity contribution is 14.1. The van der Waals surface area contributed by atoms with Gasteiger partial charge in [-0.1, -0.05) is 0 Å². The van der Waals surface area contributed by atoms with E-state index in [1.807, 2.05) is 6.07 Å². The van der Waals surface area contributed by atoms with Crippen molar-refractivity contribution in [1.82, 2.24) is 5.43 Å². The molecule has 3 N–H and O–H groups in total. The first kappa shape index (κ1) is 13.5. The molecule has 0 saturated carbocycles. The molecule has 0 atom stereocenters. The molecule has 0 spiro atoms. The molecule has 0 aliphatic carbocycles. The second kappa shape index (κ2) is 5.15. The maximum Gasteiger partial charge on any atom is 0.265 e. The molecule has 0 heterocycles. The Morgan fingerprint density at radius 3 is 2.50 bits per heavy atom. The summed E-state index contributed by atoms with van der Waals surface area (Å²) in [7, 11) is -1.61. The summed E-state index contributed by atoms with van der Waals surface area (Å²) in [6.45, 7) is 6.34. The highest BCUT2D eigenvalue weighted by Crippen LogP contribution is 2.24. The van der Waals surface area contributed by atoms with Crippen molar-refractivity contribution in [1.29, 1.82) is 0 Å². The van der Waals surface area contributed by atoms with E-state index in [-0.39, 0.29) is 5.91 Å². The minimum atomic E-state index is -1.61.